The summed E-state index contributed by atoms with van der Waals surface area (Å²) in [7, 11) is 3.95. The Bertz CT molecular complexity index is 638. The Labute approximate surface area is 125 Å². The Balaban J connectivity index is 2.31. The lowest BCUT2D eigenvalue weighted by Gasteiger charge is -2.24. The molecule has 1 aromatic heterocycles. The molecule has 0 spiro atoms. The fraction of sp³-hybridized carbons (Fsp3) is 0.412. The summed E-state index contributed by atoms with van der Waals surface area (Å²) in [6.45, 7) is 4.23. The van der Waals surface area contributed by atoms with Gasteiger partial charge < -0.3 is 9.64 Å². The maximum atomic E-state index is 11.8. The SMILES string of the molecule is CCOC(=O)CC(c1ccc2nc(C)ccc2c1)N(C)C. The van der Waals surface area contributed by atoms with Crippen LogP contribution in [0.15, 0.2) is 30.3 Å². The van der Waals surface area contributed by atoms with Gasteiger partial charge in [0, 0.05) is 17.1 Å². The summed E-state index contributed by atoms with van der Waals surface area (Å²) in [6, 6.07) is 10.2. The lowest BCUT2D eigenvalue weighted by Crippen LogP contribution is -2.23. The average molecular weight is 286 g/mol. The number of fused-ring (bicyclic) bond motifs is 1. The molecule has 0 saturated carbocycles. The van der Waals surface area contributed by atoms with E-state index in [1.54, 1.807) is 0 Å². The first-order chi connectivity index (χ1) is 10.0. The maximum Gasteiger partial charge on any atom is 0.307 e. The van der Waals surface area contributed by atoms with E-state index in [9.17, 15) is 4.79 Å². The van der Waals surface area contributed by atoms with Crippen LogP contribution in [-0.4, -0.2) is 36.6 Å². The third-order valence-corrected chi connectivity index (χ3v) is 3.53. The second-order valence-corrected chi connectivity index (χ2v) is 5.39. The van der Waals surface area contributed by atoms with Gasteiger partial charge >= 0.3 is 5.97 Å². The monoisotopic (exact) mass is 286 g/mol. The zero-order valence-corrected chi connectivity index (χ0v) is 13.1. The predicted molar refractivity (Wildman–Crippen MR) is 84.2 cm³/mol. The molecule has 0 saturated heterocycles. The summed E-state index contributed by atoms with van der Waals surface area (Å²) < 4.78 is 5.07. The molecule has 0 aliphatic heterocycles. The number of aromatic nitrogens is 1. The van der Waals surface area contributed by atoms with Gasteiger partial charge in [0.1, 0.15) is 0 Å². The highest BCUT2D eigenvalue weighted by Gasteiger charge is 2.19. The Kier molecular flexibility index (Phi) is 4.91. The van der Waals surface area contributed by atoms with Crippen molar-refractivity contribution < 1.29 is 9.53 Å². The molecule has 0 N–H and O–H groups in total. The van der Waals surface area contributed by atoms with E-state index in [2.05, 4.69) is 17.1 Å². The molecule has 0 bridgehead atoms. The molecule has 0 radical (unpaired) electrons. The molecule has 21 heavy (non-hydrogen) atoms. The number of rotatable bonds is 5. The van der Waals surface area contributed by atoms with Crippen LogP contribution in [0.5, 0.6) is 0 Å². The number of nitrogens with zero attached hydrogens (tertiary/aromatic N) is 2. The Morgan fingerprint density at radius 1 is 1.29 bits per heavy atom. The highest BCUT2D eigenvalue weighted by atomic mass is 16.5. The second-order valence-electron chi connectivity index (χ2n) is 5.39. The molecule has 0 fully saturated rings. The number of esters is 1. The van der Waals surface area contributed by atoms with E-state index in [4.69, 9.17) is 4.74 Å². The number of carbonyl (C=O) groups is 1. The minimum atomic E-state index is -0.168. The molecule has 1 unspecified atom stereocenters. The number of benzene rings is 1. The van der Waals surface area contributed by atoms with E-state index in [1.165, 1.54) is 0 Å². The number of ether oxygens (including phenoxy) is 1. The molecular weight excluding hydrogens is 264 g/mol. The zero-order chi connectivity index (χ0) is 15.4. The van der Waals surface area contributed by atoms with Crippen LogP contribution in [0.3, 0.4) is 0 Å². The van der Waals surface area contributed by atoms with E-state index >= 15 is 0 Å². The van der Waals surface area contributed by atoms with Gasteiger partial charge in [0.15, 0.2) is 0 Å². The third kappa shape index (κ3) is 3.79. The third-order valence-electron chi connectivity index (χ3n) is 3.53. The summed E-state index contributed by atoms with van der Waals surface area (Å²) in [5, 5.41) is 1.09. The minimum Gasteiger partial charge on any atom is -0.466 e. The molecule has 0 aliphatic carbocycles. The Morgan fingerprint density at radius 2 is 2.05 bits per heavy atom. The normalized spacial score (nSPS) is 12.6. The molecule has 0 aliphatic rings. The highest BCUT2D eigenvalue weighted by Crippen LogP contribution is 2.25. The van der Waals surface area contributed by atoms with Crippen LogP contribution >= 0.6 is 0 Å². The van der Waals surface area contributed by atoms with E-state index in [-0.39, 0.29) is 12.0 Å². The van der Waals surface area contributed by atoms with Gasteiger partial charge in [0.25, 0.3) is 0 Å². The van der Waals surface area contributed by atoms with Crippen molar-refractivity contribution in [1.82, 2.24) is 9.88 Å². The number of aryl methyl sites for hydroxylation is 1. The molecule has 2 rings (SSSR count). The molecule has 0 amide bonds. The van der Waals surface area contributed by atoms with Crippen molar-refractivity contribution in [3.8, 4) is 0 Å². The van der Waals surface area contributed by atoms with Crippen LogP contribution in [-0.2, 0) is 9.53 Å². The zero-order valence-electron chi connectivity index (χ0n) is 13.1. The minimum absolute atomic E-state index is 0.00903. The van der Waals surface area contributed by atoms with Crippen molar-refractivity contribution >= 4 is 16.9 Å². The quantitative estimate of drug-likeness (QED) is 0.792. The van der Waals surface area contributed by atoms with Gasteiger partial charge in [-0.2, -0.15) is 0 Å². The fourth-order valence-corrected chi connectivity index (χ4v) is 2.43. The molecule has 4 heteroatoms. The van der Waals surface area contributed by atoms with Gasteiger partial charge in [0.05, 0.1) is 18.5 Å². The predicted octanol–water partition coefficient (Wildman–Crippen LogP) is 3.10. The summed E-state index contributed by atoms with van der Waals surface area (Å²) >= 11 is 0. The van der Waals surface area contributed by atoms with Crippen molar-refractivity contribution in [2.45, 2.75) is 26.3 Å². The van der Waals surface area contributed by atoms with E-state index in [0.717, 1.165) is 22.2 Å². The van der Waals surface area contributed by atoms with Gasteiger partial charge in [-0.3, -0.25) is 9.78 Å². The second kappa shape index (κ2) is 6.68. The van der Waals surface area contributed by atoms with Crippen molar-refractivity contribution in [2.24, 2.45) is 0 Å². The van der Waals surface area contributed by atoms with Crippen LogP contribution in [0, 0.1) is 6.92 Å². The summed E-state index contributed by atoms with van der Waals surface area (Å²) in [4.78, 5) is 18.3. The van der Waals surface area contributed by atoms with Gasteiger partial charge in [-0.05, 0) is 51.7 Å². The van der Waals surface area contributed by atoms with Crippen molar-refractivity contribution in [1.29, 1.82) is 0 Å². The van der Waals surface area contributed by atoms with Crippen LogP contribution in [0.25, 0.3) is 10.9 Å². The van der Waals surface area contributed by atoms with Gasteiger partial charge in [0.2, 0.25) is 0 Å². The standard InChI is InChI=1S/C17H22N2O2/c1-5-21-17(20)11-16(19(3)4)14-8-9-15-13(10-14)7-6-12(2)18-15/h6-10,16H,5,11H2,1-4H3. The van der Waals surface area contributed by atoms with E-state index in [0.29, 0.717) is 13.0 Å². The lowest BCUT2D eigenvalue weighted by atomic mass is 10.0. The Morgan fingerprint density at radius 3 is 2.71 bits per heavy atom. The van der Waals surface area contributed by atoms with E-state index in [1.807, 2.05) is 51.0 Å². The summed E-state index contributed by atoms with van der Waals surface area (Å²) in [6.07, 6.45) is 0.353. The van der Waals surface area contributed by atoms with Crippen LogP contribution in [0.2, 0.25) is 0 Å². The van der Waals surface area contributed by atoms with Crippen LogP contribution < -0.4 is 0 Å². The molecular formula is C17H22N2O2. The molecule has 1 atom stereocenters. The lowest BCUT2D eigenvalue weighted by molar-refractivity contribution is -0.144. The average Bonchev–Trinajstić information content (AvgIpc) is 2.44. The molecule has 2 aromatic rings. The maximum absolute atomic E-state index is 11.8. The topological polar surface area (TPSA) is 42.4 Å². The smallest absolute Gasteiger partial charge is 0.307 e. The van der Waals surface area contributed by atoms with Crippen LogP contribution in [0.1, 0.15) is 30.6 Å². The van der Waals surface area contributed by atoms with Crippen molar-refractivity contribution in [3.05, 3.63) is 41.6 Å². The summed E-state index contributed by atoms with van der Waals surface area (Å²) in [5.41, 5.74) is 3.09. The number of carbonyl (C=O) groups excluding carboxylic acids is 1. The highest BCUT2D eigenvalue weighted by molar-refractivity contribution is 5.80. The molecule has 4 nitrogen and oxygen atoms in total. The summed E-state index contributed by atoms with van der Waals surface area (Å²) in [5.74, 6) is -0.168. The number of hydrogen-bond acceptors (Lipinski definition) is 4. The van der Waals surface area contributed by atoms with Crippen molar-refractivity contribution in [2.75, 3.05) is 20.7 Å². The number of hydrogen-bond donors (Lipinski definition) is 0. The molecule has 1 heterocycles. The van der Waals surface area contributed by atoms with E-state index < -0.39 is 0 Å². The van der Waals surface area contributed by atoms with Crippen LogP contribution in [0.4, 0.5) is 0 Å². The van der Waals surface area contributed by atoms with Gasteiger partial charge in [-0.25, -0.2) is 0 Å². The van der Waals surface area contributed by atoms with Gasteiger partial charge in [-0.15, -0.1) is 0 Å². The fourth-order valence-electron chi connectivity index (χ4n) is 2.43. The first-order valence-corrected chi connectivity index (χ1v) is 7.20. The molecule has 1 aromatic carbocycles. The number of pyridine rings is 1. The first-order valence-electron chi connectivity index (χ1n) is 7.20. The molecule has 112 valence electrons. The van der Waals surface area contributed by atoms with Crippen molar-refractivity contribution in [3.63, 3.8) is 0 Å². The Hall–Kier alpha value is -1.94. The first kappa shape index (κ1) is 15.4. The van der Waals surface area contributed by atoms with Gasteiger partial charge in [-0.1, -0.05) is 12.1 Å². The largest absolute Gasteiger partial charge is 0.466 e.